The highest BCUT2D eigenvalue weighted by molar-refractivity contribution is 4.87. The van der Waals surface area contributed by atoms with Gasteiger partial charge in [0.1, 0.15) is 0 Å². The molecule has 11 heavy (non-hydrogen) atoms. The van der Waals surface area contributed by atoms with Crippen molar-refractivity contribution in [3.8, 4) is 12.3 Å². The Bertz CT molecular complexity index is 150. The Morgan fingerprint density at radius 1 is 1.64 bits per heavy atom. The maximum atomic E-state index is 8.94. The lowest BCUT2D eigenvalue weighted by atomic mass is 10.2. The van der Waals surface area contributed by atoms with Gasteiger partial charge in [0.05, 0.1) is 6.61 Å². The standard InChI is InChI=1S/C9H15NO/c1-2-3-6-10-7-4-5-9(10)8-11/h1,9,11H,3-8H2/t9-/m1/s1. The molecule has 1 aliphatic heterocycles. The summed E-state index contributed by atoms with van der Waals surface area (Å²) in [5, 5.41) is 8.94. The molecular weight excluding hydrogens is 138 g/mol. The average molecular weight is 153 g/mol. The zero-order valence-corrected chi connectivity index (χ0v) is 6.79. The lowest BCUT2D eigenvalue weighted by molar-refractivity contribution is 0.161. The van der Waals surface area contributed by atoms with Crippen molar-refractivity contribution in [3.63, 3.8) is 0 Å². The Morgan fingerprint density at radius 3 is 3.09 bits per heavy atom. The molecule has 0 aliphatic carbocycles. The van der Waals surface area contributed by atoms with Gasteiger partial charge in [0.15, 0.2) is 0 Å². The van der Waals surface area contributed by atoms with Crippen LogP contribution in [0, 0.1) is 12.3 Å². The van der Waals surface area contributed by atoms with Gasteiger partial charge in [-0.25, -0.2) is 0 Å². The molecule has 0 bridgehead atoms. The van der Waals surface area contributed by atoms with Crippen LogP contribution in [0.3, 0.4) is 0 Å². The van der Waals surface area contributed by atoms with E-state index in [4.69, 9.17) is 11.5 Å². The molecule has 0 aromatic carbocycles. The van der Waals surface area contributed by atoms with Crippen LogP contribution in [0.1, 0.15) is 19.3 Å². The van der Waals surface area contributed by atoms with E-state index in [1.54, 1.807) is 0 Å². The van der Waals surface area contributed by atoms with E-state index < -0.39 is 0 Å². The number of aliphatic hydroxyl groups is 1. The lowest BCUT2D eigenvalue weighted by Crippen LogP contribution is -2.32. The molecule has 1 aliphatic rings. The van der Waals surface area contributed by atoms with Gasteiger partial charge in [-0.2, -0.15) is 0 Å². The monoisotopic (exact) mass is 153 g/mol. The van der Waals surface area contributed by atoms with Gasteiger partial charge < -0.3 is 5.11 Å². The molecule has 0 unspecified atom stereocenters. The molecule has 1 N–H and O–H groups in total. The molecule has 0 radical (unpaired) electrons. The van der Waals surface area contributed by atoms with Gasteiger partial charge in [-0.1, -0.05) is 0 Å². The van der Waals surface area contributed by atoms with Gasteiger partial charge in [-0.3, -0.25) is 4.90 Å². The maximum Gasteiger partial charge on any atom is 0.0586 e. The van der Waals surface area contributed by atoms with Gasteiger partial charge >= 0.3 is 0 Å². The van der Waals surface area contributed by atoms with Gasteiger partial charge in [-0.15, -0.1) is 12.3 Å². The van der Waals surface area contributed by atoms with Crippen LogP contribution in [0.15, 0.2) is 0 Å². The second-order valence-corrected chi connectivity index (χ2v) is 2.97. The number of nitrogens with zero attached hydrogens (tertiary/aromatic N) is 1. The fraction of sp³-hybridized carbons (Fsp3) is 0.778. The number of terminal acetylenes is 1. The van der Waals surface area contributed by atoms with Crippen molar-refractivity contribution in [3.05, 3.63) is 0 Å². The predicted molar refractivity (Wildman–Crippen MR) is 45.1 cm³/mol. The van der Waals surface area contributed by atoms with Gasteiger partial charge in [0, 0.05) is 19.0 Å². The van der Waals surface area contributed by atoms with Crippen molar-refractivity contribution in [1.82, 2.24) is 4.90 Å². The van der Waals surface area contributed by atoms with Gasteiger partial charge in [-0.05, 0) is 19.4 Å². The van der Waals surface area contributed by atoms with Crippen molar-refractivity contribution >= 4 is 0 Å². The molecular formula is C9H15NO. The Balaban J connectivity index is 2.27. The van der Waals surface area contributed by atoms with E-state index in [1.807, 2.05) is 0 Å². The Morgan fingerprint density at radius 2 is 2.45 bits per heavy atom. The number of hydrogen-bond acceptors (Lipinski definition) is 2. The second kappa shape index (κ2) is 4.38. The number of hydrogen-bond donors (Lipinski definition) is 1. The minimum Gasteiger partial charge on any atom is -0.395 e. The summed E-state index contributed by atoms with van der Waals surface area (Å²) in [4.78, 5) is 2.28. The zero-order valence-electron chi connectivity index (χ0n) is 6.79. The summed E-state index contributed by atoms with van der Waals surface area (Å²) in [6, 6.07) is 0.378. The number of rotatable bonds is 3. The SMILES string of the molecule is C#CCCN1CCC[C@@H]1CO. The molecule has 0 spiro atoms. The zero-order chi connectivity index (χ0) is 8.10. The summed E-state index contributed by atoms with van der Waals surface area (Å²) in [5.41, 5.74) is 0. The molecule has 0 saturated carbocycles. The van der Waals surface area contributed by atoms with Crippen LogP contribution in [0.5, 0.6) is 0 Å². The molecule has 1 saturated heterocycles. The summed E-state index contributed by atoms with van der Waals surface area (Å²) in [6.45, 7) is 2.33. The Hall–Kier alpha value is -0.520. The van der Waals surface area contributed by atoms with Crippen LogP contribution in [0.2, 0.25) is 0 Å². The molecule has 0 aromatic rings. The lowest BCUT2D eigenvalue weighted by Gasteiger charge is -2.20. The molecule has 1 atom stereocenters. The summed E-state index contributed by atoms with van der Waals surface area (Å²) >= 11 is 0. The molecule has 0 aromatic heterocycles. The van der Waals surface area contributed by atoms with Gasteiger partial charge in [0.2, 0.25) is 0 Å². The molecule has 1 heterocycles. The Kier molecular flexibility index (Phi) is 3.41. The normalized spacial score (nSPS) is 25.3. The summed E-state index contributed by atoms with van der Waals surface area (Å²) < 4.78 is 0. The highest BCUT2D eigenvalue weighted by atomic mass is 16.3. The van der Waals surface area contributed by atoms with E-state index >= 15 is 0 Å². The predicted octanol–water partition coefficient (Wildman–Crippen LogP) is 0.466. The number of aliphatic hydroxyl groups excluding tert-OH is 1. The highest BCUT2D eigenvalue weighted by Crippen LogP contribution is 2.16. The van der Waals surface area contributed by atoms with Crippen LogP contribution in [-0.4, -0.2) is 35.7 Å². The van der Waals surface area contributed by atoms with Crippen molar-refractivity contribution < 1.29 is 5.11 Å². The fourth-order valence-corrected chi connectivity index (χ4v) is 1.60. The van der Waals surface area contributed by atoms with E-state index in [-0.39, 0.29) is 6.61 Å². The molecule has 1 rings (SSSR count). The van der Waals surface area contributed by atoms with Crippen molar-refractivity contribution in [2.24, 2.45) is 0 Å². The number of likely N-dealkylation sites (tertiary alicyclic amines) is 1. The van der Waals surface area contributed by atoms with Crippen LogP contribution in [0.25, 0.3) is 0 Å². The summed E-state index contributed by atoms with van der Waals surface area (Å²) in [6.07, 6.45) is 8.29. The molecule has 0 amide bonds. The average Bonchev–Trinajstić information content (AvgIpc) is 2.47. The summed E-state index contributed by atoms with van der Waals surface area (Å²) in [5.74, 6) is 2.62. The van der Waals surface area contributed by atoms with E-state index in [9.17, 15) is 0 Å². The van der Waals surface area contributed by atoms with Crippen molar-refractivity contribution in [2.75, 3.05) is 19.7 Å². The smallest absolute Gasteiger partial charge is 0.0586 e. The quantitative estimate of drug-likeness (QED) is 0.596. The summed E-state index contributed by atoms with van der Waals surface area (Å²) in [7, 11) is 0. The van der Waals surface area contributed by atoms with E-state index in [0.29, 0.717) is 6.04 Å². The first-order valence-electron chi connectivity index (χ1n) is 4.17. The first-order chi connectivity index (χ1) is 5.38. The minimum atomic E-state index is 0.282. The Labute approximate surface area is 68.2 Å². The van der Waals surface area contributed by atoms with Crippen LogP contribution in [-0.2, 0) is 0 Å². The van der Waals surface area contributed by atoms with Crippen molar-refractivity contribution in [1.29, 1.82) is 0 Å². The molecule has 2 heteroatoms. The largest absolute Gasteiger partial charge is 0.395 e. The minimum absolute atomic E-state index is 0.282. The van der Waals surface area contributed by atoms with E-state index in [0.717, 1.165) is 25.9 Å². The van der Waals surface area contributed by atoms with Crippen LogP contribution in [0.4, 0.5) is 0 Å². The first-order valence-corrected chi connectivity index (χ1v) is 4.17. The highest BCUT2D eigenvalue weighted by Gasteiger charge is 2.22. The molecule has 2 nitrogen and oxygen atoms in total. The third-order valence-electron chi connectivity index (χ3n) is 2.25. The maximum absolute atomic E-state index is 8.94. The molecule has 62 valence electrons. The fourth-order valence-electron chi connectivity index (χ4n) is 1.60. The van der Waals surface area contributed by atoms with E-state index in [1.165, 1.54) is 6.42 Å². The van der Waals surface area contributed by atoms with Crippen LogP contribution < -0.4 is 0 Å². The van der Waals surface area contributed by atoms with E-state index in [2.05, 4.69) is 10.8 Å². The topological polar surface area (TPSA) is 23.5 Å². The van der Waals surface area contributed by atoms with Gasteiger partial charge in [0.25, 0.3) is 0 Å². The second-order valence-electron chi connectivity index (χ2n) is 2.97. The first kappa shape index (κ1) is 8.58. The van der Waals surface area contributed by atoms with Crippen LogP contribution >= 0.6 is 0 Å². The third kappa shape index (κ3) is 2.21. The molecule has 1 fully saturated rings. The van der Waals surface area contributed by atoms with Crippen molar-refractivity contribution in [2.45, 2.75) is 25.3 Å². The third-order valence-corrected chi connectivity index (χ3v) is 2.25.